The number of amides is 3. The smallest absolute Gasteiger partial charge is 0.272 e. The summed E-state index contributed by atoms with van der Waals surface area (Å²) in [5.74, 6) is -2.17. The van der Waals surface area contributed by atoms with Crippen molar-refractivity contribution in [1.29, 1.82) is 0 Å². The molecule has 194 valence electrons. The molecule has 0 saturated heterocycles. The molecule has 2 bridgehead atoms. The lowest BCUT2D eigenvalue weighted by Crippen LogP contribution is -2.73. The molecule has 3 aliphatic carbocycles. The van der Waals surface area contributed by atoms with E-state index in [-0.39, 0.29) is 34.0 Å². The van der Waals surface area contributed by atoms with Crippen LogP contribution in [0.5, 0.6) is 5.75 Å². The fourth-order valence-electron chi connectivity index (χ4n) is 5.43. The molecule has 12 heteroatoms. The second kappa shape index (κ2) is 9.70. The van der Waals surface area contributed by atoms with Crippen LogP contribution in [0, 0.1) is 18.7 Å². The minimum atomic E-state index is -1.03. The Kier molecular flexibility index (Phi) is 6.98. The van der Waals surface area contributed by atoms with Crippen LogP contribution in [0.1, 0.15) is 55.7 Å². The first-order chi connectivity index (χ1) is 16.9. The highest BCUT2D eigenvalue weighted by molar-refractivity contribution is 6.30. The number of hydrogen-bond acceptors (Lipinski definition) is 6. The molecule has 3 N–H and O–H groups in total. The van der Waals surface area contributed by atoms with Crippen LogP contribution in [0.15, 0.2) is 18.2 Å². The molecule has 3 amide bonds. The highest BCUT2D eigenvalue weighted by Gasteiger charge is 2.58. The van der Waals surface area contributed by atoms with E-state index in [1.165, 1.54) is 30.7 Å². The molecule has 3 fully saturated rings. The van der Waals surface area contributed by atoms with E-state index in [1.807, 2.05) is 0 Å². The predicted octanol–water partition coefficient (Wildman–Crippen LogP) is 2.72. The van der Waals surface area contributed by atoms with Gasteiger partial charge >= 0.3 is 0 Å². The van der Waals surface area contributed by atoms with Gasteiger partial charge in [-0.25, -0.2) is 4.39 Å². The molecular weight excluding hydrogens is 493 g/mol. The van der Waals surface area contributed by atoms with Gasteiger partial charge in [0.2, 0.25) is 5.91 Å². The van der Waals surface area contributed by atoms with Crippen molar-refractivity contribution < 1.29 is 28.7 Å². The van der Waals surface area contributed by atoms with Gasteiger partial charge in [0.05, 0.1) is 28.0 Å². The topological polar surface area (TPSA) is 126 Å². The second-order valence-corrected chi connectivity index (χ2v) is 9.92. The Hall–Kier alpha value is -3.18. The van der Waals surface area contributed by atoms with Crippen molar-refractivity contribution in [2.45, 2.75) is 64.1 Å². The number of hydrogen-bond donors (Lipinski definition) is 3. The van der Waals surface area contributed by atoms with Gasteiger partial charge in [-0.15, -0.1) is 0 Å². The molecule has 1 aromatic carbocycles. The first kappa shape index (κ1) is 25.9. The minimum Gasteiger partial charge on any atom is -0.390 e. The van der Waals surface area contributed by atoms with Gasteiger partial charge in [0.1, 0.15) is 17.6 Å². The van der Waals surface area contributed by atoms with E-state index in [9.17, 15) is 23.9 Å². The van der Waals surface area contributed by atoms with Gasteiger partial charge in [-0.2, -0.15) is 10.2 Å². The summed E-state index contributed by atoms with van der Waals surface area (Å²) in [6, 6.07) is 2.83. The van der Waals surface area contributed by atoms with Crippen LogP contribution in [0.4, 0.5) is 10.1 Å². The number of carbonyl (C=O) groups is 3. The maximum absolute atomic E-state index is 14.0. The molecule has 36 heavy (non-hydrogen) atoms. The number of aliphatic hydroxyl groups is 1. The van der Waals surface area contributed by atoms with Crippen LogP contribution in [0.25, 0.3) is 0 Å². The van der Waals surface area contributed by atoms with Gasteiger partial charge in [0.25, 0.3) is 11.8 Å². The van der Waals surface area contributed by atoms with E-state index in [0.717, 1.165) is 11.1 Å². The summed E-state index contributed by atoms with van der Waals surface area (Å²) in [7, 11) is 1.59. The molecule has 10 nitrogen and oxygen atoms in total. The number of hydroxylamine groups is 2. The zero-order valence-electron chi connectivity index (χ0n) is 20.5. The lowest BCUT2D eigenvalue weighted by atomic mass is 9.61. The average molecular weight is 522 g/mol. The van der Waals surface area contributed by atoms with Gasteiger partial charge < -0.3 is 20.6 Å². The number of rotatable bonds is 6. The summed E-state index contributed by atoms with van der Waals surface area (Å²) in [6.45, 7) is 4.29. The fraction of sp³-hybridized carbons (Fsp3) is 0.500. The summed E-state index contributed by atoms with van der Waals surface area (Å²) in [5, 5.41) is 22.1. The number of aromatic nitrogens is 2. The zero-order valence-corrected chi connectivity index (χ0v) is 21.2. The summed E-state index contributed by atoms with van der Waals surface area (Å²) < 4.78 is 15.4. The standard InChI is InChI=1S/C24H29ClFN5O5/c1-12-19(27-13(2)32)20(30(4)29-12)23(35)28-24-9-7-15(8-10-24)21(34)22(24)31(14(3)33)36-16-5-6-17(25)18(26)11-16/h5-6,11,15,21-22,34H,7-10H2,1-4H3,(H,27,32)(H,28,35). The van der Waals surface area contributed by atoms with Crippen LogP contribution in [0.2, 0.25) is 5.02 Å². The maximum atomic E-state index is 14.0. The van der Waals surface area contributed by atoms with Crippen LogP contribution in [-0.4, -0.2) is 55.4 Å². The van der Waals surface area contributed by atoms with Crippen LogP contribution in [0.3, 0.4) is 0 Å². The number of aliphatic hydroxyl groups excluding tert-OH is 1. The lowest BCUT2D eigenvalue weighted by molar-refractivity contribution is -0.202. The number of benzene rings is 1. The van der Waals surface area contributed by atoms with Crippen LogP contribution in [-0.2, 0) is 16.6 Å². The van der Waals surface area contributed by atoms with Gasteiger partial charge in [-0.1, -0.05) is 11.6 Å². The van der Waals surface area contributed by atoms with Crippen molar-refractivity contribution in [1.82, 2.24) is 20.2 Å². The average Bonchev–Trinajstić information content (AvgIpc) is 3.07. The Balaban J connectivity index is 1.70. The van der Waals surface area contributed by atoms with Crippen LogP contribution >= 0.6 is 11.6 Å². The van der Waals surface area contributed by atoms with Crippen molar-refractivity contribution in [3.05, 3.63) is 40.4 Å². The Bertz CT molecular complexity index is 1210. The zero-order chi connectivity index (χ0) is 26.4. The number of halogens is 2. The Morgan fingerprint density at radius 2 is 1.94 bits per heavy atom. The third kappa shape index (κ3) is 4.64. The van der Waals surface area contributed by atoms with Crippen molar-refractivity contribution in [2.24, 2.45) is 13.0 Å². The number of nitrogens with zero attached hydrogens (tertiary/aromatic N) is 3. The summed E-state index contributed by atoms with van der Waals surface area (Å²) in [5.41, 5.74) is -0.129. The quantitative estimate of drug-likeness (QED) is 0.502. The highest BCUT2D eigenvalue weighted by atomic mass is 35.5. The van der Waals surface area contributed by atoms with E-state index in [2.05, 4.69) is 15.7 Å². The summed E-state index contributed by atoms with van der Waals surface area (Å²) in [4.78, 5) is 43.9. The molecule has 3 saturated carbocycles. The van der Waals surface area contributed by atoms with E-state index in [0.29, 0.717) is 31.4 Å². The lowest BCUT2D eigenvalue weighted by Gasteiger charge is -2.56. The Morgan fingerprint density at radius 1 is 1.28 bits per heavy atom. The van der Waals surface area contributed by atoms with Crippen molar-refractivity contribution in [2.75, 3.05) is 5.32 Å². The molecule has 3 aliphatic rings. The van der Waals surface area contributed by atoms with Gasteiger partial charge in [-0.3, -0.25) is 19.1 Å². The van der Waals surface area contributed by atoms with Crippen molar-refractivity contribution in [3.63, 3.8) is 0 Å². The van der Waals surface area contributed by atoms with Gasteiger partial charge in [0, 0.05) is 27.0 Å². The molecule has 5 rings (SSSR count). The number of fused-ring (bicyclic) bond motifs is 3. The highest BCUT2D eigenvalue weighted by Crippen LogP contribution is 2.47. The first-order valence-corrected chi connectivity index (χ1v) is 12.1. The first-order valence-electron chi connectivity index (χ1n) is 11.7. The molecule has 1 heterocycles. The van der Waals surface area contributed by atoms with E-state index < -0.39 is 35.3 Å². The summed E-state index contributed by atoms with van der Waals surface area (Å²) in [6.07, 6.45) is 1.26. The summed E-state index contributed by atoms with van der Waals surface area (Å²) >= 11 is 5.77. The normalized spacial score (nSPS) is 24.8. The third-order valence-corrected chi connectivity index (χ3v) is 7.36. The molecule has 2 unspecified atom stereocenters. The Labute approximate surface area is 212 Å². The Morgan fingerprint density at radius 3 is 2.53 bits per heavy atom. The van der Waals surface area contributed by atoms with Crippen molar-refractivity contribution >= 4 is 35.0 Å². The van der Waals surface area contributed by atoms with E-state index in [1.54, 1.807) is 14.0 Å². The largest absolute Gasteiger partial charge is 0.390 e. The number of anilines is 1. The molecular formula is C24H29ClFN5O5. The maximum Gasteiger partial charge on any atom is 0.272 e. The molecule has 1 aromatic heterocycles. The SMILES string of the molecule is CC(=O)Nc1c(C)nn(C)c1C(=O)NC12CCC(CC1)C(O)C2N(Oc1ccc(Cl)c(F)c1)C(C)=O. The van der Waals surface area contributed by atoms with Crippen LogP contribution < -0.4 is 15.5 Å². The number of aryl methyl sites for hydroxylation is 2. The number of nitrogens with one attached hydrogen (secondary N) is 2. The molecule has 2 aromatic rings. The van der Waals surface area contributed by atoms with E-state index >= 15 is 0 Å². The van der Waals surface area contributed by atoms with Crippen molar-refractivity contribution in [3.8, 4) is 5.75 Å². The molecule has 0 aliphatic heterocycles. The van der Waals surface area contributed by atoms with Gasteiger partial charge in [0.15, 0.2) is 5.75 Å². The van der Waals surface area contributed by atoms with E-state index in [4.69, 9.17) is 16.4 Å². The third-order valence-electron chi connectivity index (χ3n) is 7.05. The van der Waals surface area contributed by atoms with Gasteiger partial charge in [-0.05, 0) is 50.7 Å². The molecule has 0 spiro atoms. The monoisotopic (exact) mass is 521 g/mol. The second-order valence-electron chi connectivity index (χ2n) is 9.51. The fourth-order valence-corrected chi connectivity index (χ4v) is 5.55. The minimum absolute atomic E-state index is 0.0254. The number of carbonyl (C=O) groups excluding carboxylic acids is 3. The molecule has 0 radical (unpaired) electrons. The predicted molar refractivity (Wildman–Crippen MR) is 129 cm³/mol. The molecule has 2 atom stereocenters.